The zero-order chi connectivity index (χ0) is 12.3. The van der Waals surface area contributed by atoms with Crippen LogP contribution in [0, 0.1) is 5.92 Å². The number of halogens is 1. The molecule has 0 amide bonds. The van der Waals surface area contributed by atoms with Crippen molar-refractivity contribution in [1.29, 1.82) is 0 Å². The standard InChI is InChI=1S/C13H16FNO2/c14-15-7-5-11(6-8-15)9-10-1-3-12(4-2-10)13(16)17/h1-4,11H,5-9H2,(H,16,17). The van der Waals surface area contributed by atoms with Gasteiger partial charge in [-0.2, -0.15) is 0 Å². The van der Waals surface area contributed by atoms with Crippen LogP contribution in [0.1, 0.15) is 28.8 Å². The molecule has 1 heterocycles. The molecular weight excluding hydrogens is 221 g/mol. The first-order chi connectivity index (χ1) is 8.15. The number of rotatable bonds is 3. The summed E-state index contributed by atoms with van der Waals surface area (Å²) < 4.78 is 12.8. The molecule has 0 unspecified atom stereocenters. The van der Waals surface area contributed by atoms with E-state index in [0.29, 0.717) is 24.6 Å². The van der Waals surface area contributed by atoms with Gasteiger partial charge < -0.3 is 5.11 Å². The van der Waals surface area contributed by atoms with Crippen LogP contribution in [0.5, 0.6) is 0 Å². The molecule has 0 saturated carbocycles. The minimum absolute atomic E-state index is 0.312. The van der Waals surface area contributed by atoms with Crippen molar-refractivity contribution in [3.8, 4) is 0 Å². The van der Waals surface area contributed by atoms with Crippen LogP contribution in [0.25, 0.3) is 0 Å². The molecule has 0 bridgehead atoms. The Morgan fingerprint density at radius 2 is 1.88 bits per heavy atom. The van der Waals surface area contributed by atoms with Crippen LogP contribution in [-0.2, 0) is 6.42 Å². The number of hydrogen-bond donors (Lipinski definition) is 1. The Balaban J connectivity index is 1.92. The van der Waals surface area contributed by atoms with Crippen molar-refractivity contribution in [1.82, 2.24) is 5.12 Å². The van der Waals surface area contributed by atoms with Gasteiger partial charge in [0.05, 0.1) is 5.56 Å². The smallest absolute Gasteiger partial charge is 0.335 e. The van der Waals surface area contributed by atoms with Crippen LogP contribution in [-0.4, -0.2) is 29.3 Å². The summed E-state index contributed by atoms with van der Waals surface area (Å²) in [5.74, 6) is -0.389. The molecule has 1 aromatic rings. The highest BCUT2D eigenvalue weighted by molar-refractivity contribution is 5.87. The van der Waals surface area contributed by atoms with Gasteiger partial charge in [0.2, 0.25) is 0 Å². The monoisotopic (exact) mass is 237 g/mol. The Kier molecular flexibility index (Phi) is 3.74. The largest absolute Gasteiger partial charge is 0.478 e. The van der Waals surface area contributed by atoms with Crippen LogP contribution < -0.4 is 0 Å². The summed E-state index contributed by atoms with van der Waals surface area (Å²) in [6.07, 6.45) is 2.65. The summed E-state index contributed by atoms with van der Waals surface area (Å²) in [5.41, 5.74) is 1.44. The molecule has 17 heavy (non-hydrogen) atoms. The lowest BCUT2D eigenvalue weighted by Crippen LogP contribution is -2.28. The minimum Gasteiger partial charge on any atom is -0.478 e. The molecule has 1 N–H and O–H groups in total. The second kappa shape index (κ2) is 5.27. The van der Waals surface area contributed by atoms with Crippen LogP contribution in [0.3, 0.4) is 0 Å². The second-order valence-electron chi connectivity index (χ2n) is 4.56. The van der Waals surface area contributed by atoms with E-state index in [1.807, 2.05) is 12.1 Å². The van der Waals surface area contributed by atoms with E-state index < -0.39 is 5.97 Å². The second-order valence-corrected chi connectivity index (χ2v) is 4.56. The molecule has 1 aliphatic rings. The highest BCUT2D eigenvalue weighted by atomic mass is 19.2. The Morgan fingerprint density at radius 3 is 2.41 bits per heavy atom. The number of benzene rings is 1. The van der Waals surface area contributed by atoms with E-state index in [0.717, 1.165) is 29.9 Å². The number of carboxylic acids is 1. The number of piperidine rings is 1. The zero-order valence-electron chi connectivity index (χ0n) is 9.60. The fourth-order valence-corrected chi connectivity index (χ4v) is 2.22. The van der Waals surface area contributed by atoms with Crippen molar-refractivity contribution in [2.45, 2.75) is 19.3 Å². The maximum atomic E-state index is 12.8. The maximum absolute atomic E-state index is 12.8. The van der Waals surface area contributed by atoms with Gasteiger partial charge in [0.25, 0.3) is 0 Å². The lowest BCUT2D eigenvalue weighted by molar-refractivity contribution is -0.00853. The van der Waals surface area contributed by atoms with Gasteiger partial charge in [0.15, 0.2) is 0 Å². The Labute approximate surface area is 99.8 Å². The van der Waals surface area contributed by atoms with Crippen LogP contribution in [0.2, 0.25) is 0 Å². The van der Waals surface area contributed by atoms with Crippen LogP contribution in [0.15, 0.2) is 24.3 Å². The van der Waals surface area contributed by atoms with Crippen LogP contribution >= 0.6 is 0 Å². The molecule has 92 valence electrons. The number of aromatic carboxylic acids is 1. The normalized spacial score (nSPS) is 18.2. The first kappa shape index (κ1) is 12.0. The van der Waals surface area contributed by atoms with E-state index in [2.05, 4.69) is 0 Å². The predicted octanol–water partition coefficient (Wildman–Crippen LogP) is 2.52. The number of nitrogens with zero attached hydrogens (tertiary/aromatic N) is 1. The Bertz CT molecular complexity index is 383. The highest BCUT2D eigenvalue weighted by Crippen LogP contribution is 2.21. The molecule has 1 fully saturated rings. The molecule has 3 nitrogen and oxygen atoms in total. The van der Waals surface area contributed by atoms with E-state index >= 15 is 0 Å². The van der Waals surface area contributed by atoms with Gasteiger partial charge in [0, 0.05) is 13.1 Å². The molecule has 2 rings (SSSR count). The molecular formula is C13H16FNO2. The number of carbonyl (C=O) groups is 1. The molecule has 4 heteroatoms. The lowest BCUT2D eigenvalue weighted by Gasteiger charge is -2.25. The first-order valence-corrected chi connectivity index (χ1v) is 5.88. The Morgan fingerprint density at radius 1 is 1.29 bits per heavy atom. The molecule has 1 aromatic carbocycles. The van der Waals surface area contributed by atoms with E-state index in [4.69, 9.17) is 5.11 Å². The summed E-state index contributed by atoms with van der Waals surface area (Å²) in [4.78, 5) is 10.7. The predicted molar refractivity (Wildman–Crippen MR) is 62.5 cm³/mol. The van der Waals surface area contributed by atoms with E-state index in [1.165, 1.54) is 0 Å². The highest BCUT2D eigenvalue weighted by Gasteiger charge is 2.19. The maximum Gasteiger partial charge on any atom is 0.335 e. The molecule has 0 radical (unpaired) electrons. The van der Waals surface area contributed by atoms with Gasteiger partial charge in [-0.05, 0) is 42.9 Å². The van der Waals surface area contributed by atoms with Crippen molar-refractivity contribution in [3.05, 3.63) is 35.4 Å². The lowest BCUT2D eigenvalue weighted by atomic mass is 9.90. The van der Waals surface area contributed by atoms with E-state index in [9.17, 15) is 9.28 Å². The molecule has 0 spiro atoms. The van der Waals surface area contributed by atoms with Crippen molar-refractivity contribution in [2.24, 2.45) is 5.92 Å². The third-order valence-corrected chi connectivity index (χ3v) is 3.29. The Hall–Kier alpha value is -1.42. The summed E-state index contributed by atoms with van der Waals surface area (Å²) in [6.45, 7) is 1.02. The quantitative estimate of drug-likeness (QED) is 0.821. The van der Waals surface area contributed by atoms with E-state index in [-0.39, 0.29) is 0 Å². The van der Waals surface area contributed by atoms with Gasteiger partial charge in [-0.3, -0.25) is 0 Å². The van der Waals surface area contributed by atoms with Crippen molar-refractivity contribution in [2.75, 3.05) is 13.1 Å². The van der Waals surface area contributed by atoms with Crippen molar-refractivity contribution >= 4 is 5.97 Å². The number of hydrogen-bond acceptors (Lipinski definition) is 2. The number of carboxylic acid groups (broad SMARTS) is 1. The minimum atomic E-state index is -0.901. The van der Waals surface area contributed by atoms with Gasteiger partial charge in [0.1, 0.15) is 0 Å². The third-order valence-electron chi connectivity index (χ3n) is 3.29. The van der Waals surface area contributed by atoms with Crippen LogP contribution in [0.4, 0.5) is 4.48 Å². The topological polar surface area (TPSA) is 40.5 Å². The molecule has 0 aliphatic carbocycles. The van der Waals surface area contributed by atoms with Gasteiger partial charge in [-0.15, -0.1) is 9.60 Å². The molecule has 1 aliphatic heterocycles. The zero-order valence-corrected chi connectivity index (χ0v) is 9.60. The summed E-state index contributed by atoms with van der Waals surface area (Å²) >= 11 is 0. The summed E-state index contributed by atoms with van der Waals surface area (Å²) in [6, 6.07) is 6.96. The van der Waals surface area contributed by atoms with E-state index in [1.54, 1.807) is 12.1 Å². The molecule has 0 atom stereocenters. The van der Waals surface area contributed by atoms with Crippen molar-refractivity contribution in [3.63, 3.8) is 0 Å². The molecule has 0 aromatic heterocycles. The fraction of sp³-hybridized carbons (Fsp3) is 0.462. The van der Waals surface area contributed by atoms with Gasteiger partial charge in [-0.25, -0.2) is 4.79 Å². The van der Waals surface area contributed by atoms with Gasteiger partial charge in [-0.1, -0.05) is 12.1 Å². The van der Waals surface area contributed by atoms with Gasteiger partial charge >= 0.3 is 5.97 Å². The average Bonchev–Trinajstić information content (AvgIpc) is 2.33. The molecule has 1 saturated heterocycles. The first-order valence-electron chi connectivity index (χ1n) is 5.88. The summed E-state index contributed by atoms with van der Waals surface area (Å²) in [5, 5.41) is 9.64. The fourth-order valence-electron chi connectivity index (χ4n) is 2.22. The SMILES string of the molecule is O=C(O)c1ccc(CC2CCN(F)CC2)cc1. The van der Waals surface area contributed by atoms with Crippen molar-refractivity contribution < 1.29 is 14.4 Å². The summed E-state index contributed by atoms with van der Waals surface area (Å²) in [7, 11) is 0. The third kappa shape index (κ3) is 3.27. The average molecular weight is 237 g/mol.